The molecule has 0 saturated carbocycles. The van der Waals surface area contributed by atoms with Gasteiger partial charge in [-0.05, 0) is 44.2 Å². The fourth-order valence-electron chi connectivity index (χ4n) is 2.87. The number of nitrogens with zero attached hydrogens (tertiary/aromatic N) is 3. The Kier molecular flexibility index (Phi) is 4.31. The standard InChI is InChI=1S/C16H22N4S/c1-10(2)17-7-12-4-5-14-13(6-12)11(3)19-16(20-14)15-8-21-9-18-15/h8-10,12,17H,4-7H2,1-3H3. The Morgan fingerprint density at radius 2 is 2.24 bits per heavy atom. The molecule has 2 heterocycles. The molecule has 21 heavy (non-hydrogen) atoms. The van der Waals surface area contributed by atoms with E-state index in [1.807, 2.05) is 10.9 Å². The molecule has 1 atom stereocenters. The Hall–Kier alpha value is -1.33. The fraction of sp³-hybridized carbons (Fsp3) is 0.562. The molecule has 3 rings (SSSR count). The molecule has 0 fully saturated rings. The minimum atomic E-state index is 0.552. The summed E-state index contributed by atoms with van der Waals surface area (Å²) in [4.78, 5) is 13.8. The maximum atomic E-state index is 4.76. The predicted molar refractivity (Wildman–Crippen MR) is 86.5 cm³/mol. The normalized spacial score (nSPS) is 18.0. The summed E-state index contributed by atoms with van der Waals surface area (Å²) in [5.74, 6) is 1.48. The van der Waals surface area contributed by atoms with Crippen molar-refractivity contribution in [2.45, 2.75) is 46.1 Å². The van der Waals surface area contributed by atoms with Crippen LogP contribution in [0.15, 0.2) is 10.9 Å². The van der Waals surface area contributed by atoms with E-state index < -0.39 is 0 Å². The average Bonchev–Trinajstić information content (AvgIpc) is 2.99. The number of aromatic nitrogens is 3. The Morgan fingerprint density at radius 3 is 2.95 bits per heavy atom. The molecule has 0 radical (unpaired) electrons. The number of hydrogen-bond donors (Lipinski definition) is 1. The fourth-order valence-corrected chi connectivity index (χ4v) is 3.40. The quantitative estimate of drug-likeness (QED) is 0.943. The zero-order valence-electron chi connectivity index (χ0n) is 12.9. The SMILES string of the molecule is Cc1nc(-c2cscn2)nc2c1CC(CNC(C)C)CC2. The number of fused-ring (bicyclic) bond motifs is 1. The molecule has 1 aliphatic rings. The lowest BCUT2D eigenvalue weighted by atomic mass is 9.85. The molecule has 1 N–H and O–H groups in total. The highest BCUT2D eigenvalue weighted by molar-refractivity contribution is 7.07. The minimum absolute atomic E-state index is 0.552. The molecular weight excluding hydrogens is 280 g/mol. The van der Waals surface area contributed by atoms with Crippen LogP contribution in [0.3, 0.4) is 0 Å². The molecule has 4 nitrogen and oxygen atoms in total. The van der Waals surface area contributed by atoms with E-state index in [4.69, 9.17) is 4.98 Å². The van der Waals surface area contributed by atoms with Crippen LogP contribution in [-0.4, -0.2) is 27.5 Å². The first-order chi connectivity index (χ1) is 10.1. The summed E-state index contributed by atoms with van der Waals surface area (Å²) in [6.07, 6.45) is 3.36. The van der Waals surface area contributed by atoms with Crippen molar-refractivity contribution in [1.29, 1.82) is 0 Å². The zero-order valence-corrected chi connectivity index (χ0v) is 13.7. The topological polar surface area (TPSA) is 50.7 Å². The first kappa shape index (κ1) is 14.6. The molecule has 5 heteroatoms. The smallest absolute Gasteiger partial charge is 0.179 e. The van der Waals surface area contributed by atoms with Crippen LogP contribution in [-0.2, 0) is 12.8 Å². The summed E-state index contributed by atoms with van der Waals surface area (Å²) in [6.45, 7) is 7.59. The predicted octanol–water partition coefficient (Wildman–Crippen LogP) is 3.01. The average molecular weight is 302 g/mol. The van der Waals surface area contributed by atoms with Crippen molar-refractivity contribution >= 4 is 11.3 Å². The van der Waals surface area contributed by atoms with Gasteiger partial charge in [0.15, 0.2) is 5.82 Å². The van der Waals surface area contributed by atoms with Crippen LogP contribution in [0.4, 0.5) is 0 Å². The van der Waals surface area contributed by atoms with Crippen LogP contribution in [0, 0.1) is 12.8 Å². The molecule has 2 aromatic heterocycles. The van der Waals surface area contributed by atoms with Gasteiger partial charge >= 0.3 is 0 Å². The number of thiazole rings is 1. The van der Waals surface area contributed by atoms with Crippen molar-refractivity contribution in [3.63, 3.8) is 0 Å². The molecule has 1 unspecified atom stereocenters. The van der Waals surface area contributed by atoms with Gasteiger partial charge in [-0.2, -0.15) is 0 Å². The third-order valence-corrected chi connectivity index (χ3v) is 4.64. The van der Waals surface area contributed by atoms with Crippen molar-refractivity contribution < 1.29 is 0 Å². The van der Waals surface area contributed by atoms with Crippen molar-refractivity contribution in [1.82, 2.24) is 20.3 Å². The van der Waals surface area contributed by atoms with Gasteiger partial charge in [0.1, 0.15) is 5.69 Å². The van der Waals surface area contributed by atoms with Gasteiger partial charge in [0, 0.05) is 22.8 Å². The van der Waals surface area contributed by atoms with Crippen LogP contribution in [0.1, 0.15) is 37.2 Å². The van der Waals surface area contributed by atoms with E-state index in [0.717, 1.165) is 36.6 Å². The summed E-state index contributed by atoms with van der Waals surface area (Å²) >= 11 is 1.59. The molecule has 1 aliphatic carbocycles. The van der Waals surface area contributed by atoms with Gasteiger partial charge in [0.25, 0.3) is 0 Å². The molecule has 112 valence electrons. The minimum Gasteiger partial charge on any atom is -0.314 e. The lowest BCUT2D eigenvalue weighted by Crippen LogP contribution is -2.32. The molecule has 2 aromatic rings. The monoisotopic (exact) mass is 302 g/mol. The molecule has 0 aromatic carbocycles. The Labute approximate surface area is 130 Å². The number of aryl methyl sites for hydroxylation is 2. The lowest BCUT2D eigenvalue weighted by molar-refractivity contribution is 0.401. The van der Waals surface area contributed by atoms with Crippen LogP contribution < -0.4 is 5.32 Å². The van der Waals surface area contributed by atoms with Gasteiger partial charge in [-0.3, -0.25) is 0 Å². The number of hydrogen-bond acceptors (Lipinski definition) is 5. The van der Waals surface area contributed by atoms with Crippen molar-refractivity contribution in [2.75, 3.05) is 6.54 Å². The van der Waals surface area contributed by atoms with Crippen LogP contribution in [0.2, 0.25) is 0 Å². The van der Waals surface area contributed by atoms with Crippen molar-refractivity contribution in [2.24, 2.45) is 5.92 Å². The van der Waals surface area contributed by atoms with Crippen LogP contribution >= 0.6 is 11.3 Å². The number of nitrogens with one attached hydrogen (secondary N) is 1. The Morgan fingerprint density at radius 1 is 1.38 bits per heavy atom. The zero-order chi connectivity index (χ0) is 14.8. The van der Waals surface area contributed by atoms with Gasteiger partial charge in [-0.25, -0.2) is 15.0 Å². The highest BCUT2D eigenvalue weighted by Crippen LogP contribution is 2.28. The molecule has 0 saturated heterocycles. The van der Waals surface area contributed by atoms with E-state index in [-0.39, 0.29) is 0 Å². The lowest BCUT2D eigenvalue weighted by Gasteiger charge is -2.26. The largest absolute Gasteiger partial charge is 0.314 e. The van der Waals surface area contributed by atoms with E-state index in [1.54, 1.807) is 11.3 Å². The Balaban J connectivity index is 1.80. The summed E-state index contributed by atoms with van der Waals surface area (Å²) in [5.41, 5.74) is 6.44. The van der Waals surface area contributed by atoms with Gasteiger partial charge in [0.2, 0.25) is 0 Å². The third-order valence-electron chi connectivity index (χ3n) is 4.06. The van der Waals surface area contributed by atoms with E-state index in [1.165, 1.54) is 17.7 Å². The van der Waals surface area contributed by atoms with Gasteiger partial charge < -0.3 is 5.32 Å². The molecule has 0 spiro atoms. The highest BCUT2D eigenvalue weighted by atomic mass is 32.1. The maximum Gasteiger partial charge on any atom is 0.179 e. The van der Waals surface area contributed by atoms with Crippen molar-refractivity contribution in [3.8, 4) is 11.5 Å². The van der Waals surface area contributed by atoms with Gasteiger partial charge in [0.05, 0.1) is 5.51 Å². The van der Waals surface area contributed by atoms with Gasteiger partial charge in [-0.15, -0.1) is 11.3 Å². The van der Waals surface area contributed by atoms with E-state index in [2.05, 4.69) is 36.1 Å². The first-order valence-electron chi connectivity index (χ1n) is 7.62. The van der Waals surface area contributed by atoms with Crippen LogP contribution in [0.5, 0.6) is 0 Å². The summed E-state index contributed by atoms with van der Waals surface area (Å²) < 4.78 is 0. The molecule has 0 amide bonds. The van der Waals surface area contributed by atoms with E-state index >= 15 is 0 Å². The second kappa shape index (κ2) is 6.20. The summed E-state index contributed by atoms with van der Waals surface area (Å²) in [5, 5.41) is 5.56. The highest BCUT2D eigenvalue weighted by Gasteiger charge is 2.23. The summed E-state index contributed by atoms with van der Waals surface area (Å²) in [7, 11) is 0. The van der Waals surface area contributed by atoms with E-state index in [9.17, 15) is 0 Å². The second-order valence-electron chi connectivity index (χ2n) is 6.10. The van der Waals surface area contributed by atoms with E-state index in [0.29, 0.717) is 12.0 Å². The molecule has 0 aliphatic heterocycles. The van der Waals surface area contributed by atoms with Gasteiger partial charge in [-0.1, -0.05) is 13.8 Å². The maximum absolute atomic E-state index is 4.76. The number of rotatable bonds is 4. The van der Waals surface area contributed by atoms with Crippen molar-refractivity contribution in [3.05, 3.63) is 27.8 Å². The first-order valence-corrected chi connectivity index (χ1v) is 8.56. The van der Waals surface area contributed by atoms with Crippen LogP contribution in [0.25, 0.3) is 11.5 Å². The summed E-state index contributed by atoms with van der Waals surface area (Å²) in [6, 6.07) is 0.552. The third kappa shape index (κ3) is 3.30. The Bertz CT molecular complexity index is 607. The molecular formula is C16H22N4S. The second-order valence-corrected chi connectivity index (χ2v) is 6.82. The molecule has 0 bridgehead atoms.